The van der Waals surface area contributed by atoms with Crippen LogP contribution in [0.15, 0.2) is 24.3 Å². The number of carbonyl (C=O) groups is 3. The molecule has 1 atom stereocenters. The number of amides is 4. The van der Waals surface area contributed by atoms with Gasteiger partial charge < -0.3 is 20.3 Å². The number of carbonyl (C=O) groups excluding carboxylic acids is 3. The van der Waals surface area contributed by atoms with Crippen LogP contribution in [0.2, 0.25) is 0 Å². The lowest BCUT2D eigenvalue weighted by atomic mass is 10.3. The van der Waals surface area contributed by atoms with Crippen molar-refractivity contribution in [2.45, 2.75) is 25.8 Å². The van der Waals surface area contributed by atoms with Crippen LogP contribution in [0.4, 0.5) is 10.5 Å². The Bertz CT molecular complexity index is 631. The molecule has 0 heterocycles. The summed E-state index contributed by atoms with van der Waals surface area (Å²) in [6.45, 7) is 2.65. The highest BCUT2D eigenvalue weighted by molar-refractivity contribution is 5.95. The first-order valence-corrected chi connectivity index (χ1v) is 8.38. The molecular formula is C17H25N4O4+. The number of imide groups is 1. The first-order valence-electron chi connectivity index (χ1n) is 8.38. The molecule has 1 aliphatic carbocycles. The maximum absolute atomic E-state index is 12.2. The van der Waals surface area contributed by atoms with E-state index in [0.29, 0.717) is 18.0 Å². The Morgan fingerprint density at radius 3 is 2.56 bits per heavy atom. The second kappa shape index (κ2) is 9.03. The Kier molecular flexibility index (Phi) is 6.76. The quantitative estimate of drug-likeness (QED) is 0.510. The molecule has 1 saturated carbocycles. The fourth-order valence-corrected chi connectivity index (χ4v) is 2.29. The third-order valence-electron chi connectivity index (χ3n) is 3.84. The predicted molar refractivity (Wildman–Crippen MR) is 92.6 cm³/mol. The summed E-state index contributed by atoms with van der Waals surface area (Å²) in [6, 6.07) is 6.78. The van der Waals surface area contributed by atoms with Crippen LogP contribution in [0.3, 0.4) is 0 Å². The molecule has 4 N–H and O–H groups in total. The zero-order chi connectivity index (χ0) is 18.2. The predicted octanol–water partition coefficient (Wildman–Crippen LogP) is -0.473. The smallest absolute Gasteiger partial charge is 0.321 e. The monoisotopic (exact) mass is 349 g/mol. The molecule has 1 aliphatic rings. The average molecular weight is 349 g/mol. The number of anilines is 1. The maximum atomic E-state index is 12.2. The number of benzene rings is 1. The average Bonchev–Trinajstić information content (AvgIpc) is 3.37. The van der Waals surface area contributed by atoms with Gasteiger partial charge in [-0.1, -0.05) is 6.07 Å². The van der Waals surface area contributed by atoms with E-state index in [1.54, 1.807) is 31.4 Å². The molecule has 2 rings (SSSR count). The summed E-state index contributed by atoms with van der Waals surface area (Å²) in [5, 5.41) is 7.76. The van der Waals surface area contributed by atoms with Crippen LogP contribution in [0.25, 0.3) is 0 Å². The Balaban J connectivity index is 1.77. The Hall–Kier alpha value is -2.61. The molecule has 4 amide bonds. The van der Waals surface area contributed by atoms with Gasteiger partial charge >= 0.3 is 6.03 Å². The van der Waals surface area contributed by atoms with Crippen LogP contribution in [-0.4, -0.2) is 50.6 Å². The lowest BCUT2D eigenvalue weighted by Gasteiger charge is -2.17. The van der Waals surface area contributed by atoms with Crippen LogP contribution in [0, 0.1) is 0 Å². The van der Waals surface area contributed by atoms with Gasteiger partial charge in [0.05, 0.1) is 13.7 Å². The number of urea groups is 1. The lowest BCUT2D eigenvalue weighted by molar-refractivity contribution is -0.881. The summed E-state index contributed by atoms with van der Waals surface area (Å²) in [7, 11) is 1.56. The summed E-state index contributed by atoms with van der Waals surface area (Å²) in [6.07, 6.45) is 1.91. The molecular weight excluding hydrogens is 324 g/mol. The summed E-state index contributed by atoms with van der Waals surface area (Å²) in [5.41, 5.74) is 0.632. The number of likely N-dealkylation sites (N-methyl/N-ethyl adjacent to an activating group) is 1. The van der Waals surface area contributed by atoms with Crippen molar-refractivity contribution in [3.63, 3.8) is 0 Å². The third kappa shape index (κ3) is 6.80. The van der Waals surface area contributed by atoms with Gasteiger partial charge in [-0.3, -0.25) is 14.9 Å². The highest BCUT2D eigenvalue weighted by Gasteiger charge is 2.25. The van der Waals surface area contributed by atoms with Crippen molar-refractivity contribution in [1.82, 2.24) is 10.6 Å². The van der Waals surface area contributed by atoms with Crippen molar-refractivity contribution < 1.29 is 24.0 Å². The lowest BCUT2D eigenvalue weighted by Crippen LogP contribution is -3.14. The molecule has 8 nitrogen and oxygen atoms in total. The molecule has 0 spiro atoms. The molecule has 0 saturated heterocycles. The van der Waals surface area contributed by atoms with Gasteiger partial charge in [0.2, 0.25) is 0 Å². The zero-order valence-corrected chi connectivity index (χ0v) is 14.6. The van der Waals surface area contributed by atoms with Gasteiger partial charge in [-0.25, -0.2) is 4.79 Å². The highest BCUT2D eigenvalue weighted by Crippen LogP contribution is 2.18. The molecule has 0 radical (unpaired) electrons. The largest absolute Gasteiger partial charge is 0.497 e. The molecule has 0 aromatic heterocycles. The van der Waals surface area contributed by atoms with Gasteiger partial charge in [-0.2, -0.15) is 0 Å². The normalized spacial score (nSPS) is 14.3. The van der Waals surface area contributed by atoms with Crippen LogP contribution in [-0.2, 0) is 9.59 Å². The summed E-state index contributed by atoms with van der Waals surface area (Å²) >= 11 is 0. The first-order chi connectivity index (χ1) is 12.0. The summed E-state index contributed by atoms with van der Waals surface area (Å²) in [5.74, 6) is 0.0445. The molecule has 1 fully saturated rings. The number of rotatable bonds is 8. The van der Waals surface area contributed by atoms with E-state index >= 15 is 0 Å². The van der Waals surface area contributed by atoms with E-state index in [1.807, 2.05) is 6.92 Å². The minimum Gasteiger partial charge on any atom is -0.497 e. The van der Waals surface area contributed by atoms with Gasteiger partial charge in [-0.15, -0.1) is 0 Å². The van der Waals surface area contributed by atoms with E-state index < -0.39 is 11.9 Å². The molecule has 1 aromatic carbocycles. The molecule has 8 heteroatoms. The second-order valence-electron chi connectivity index (χ2n) is 6.03. The molecule has 1 unspecified atom stereocenters. The van der Waals surface area contributed by atoms with Gasteiger partial charge in [0, 0.05) is 17.8 Å². The summed E-state index contributed by atoms with van der Waals surface area (Å²) < 4.78 is 5.11. The van der Waals surface area contributed by atoms with Crippen molar-refractivity contribution in [2.75, 3.05) is 32.1 Å². The van der Waals surface area contributed by atoms with E-state index in [9.17, 15) is 14.4 Å². The number of hydrogen-bond acceptors (Lipinski definition) is 4. The van der Waals surface area contributed by atoms with Gasteiger partial charge in [0.25, 0.3) is 11.8 Å². The standard InChI is InChI=1S/C17H24N4O4/c1-3-21(11-16(23)20-17(24)19-12-7-8-12)10-15(22)18-13-5-4-6-14(9-13)25-2/h4-6,9,12H,3,7-8,10-11H2,1-2H3,(H,18,22)(H2,19,20,23,24)/p+1. The van der Waals surface area contributed by atoms with Crippen LogP contribution in [0.1, 0.15) is 19.8 Å². The number of nitrogens with one attached hydrogen (secondary N) is 4. The van der Waals surface area contributed by atoms with Gasteiger partial charge in [-0.05, 0) is 31.9 Å². The molecule has 0 aliphatic heterocycles. The van der Waals surface area contributed by atoms with E-state index in [2.05, 4.69) is 16.0 Å². The Labute approximate surface area is 146 Å². The topological polar surface area (TPSA) is 101 Å². The second-order valence-corrected chi connectivity index (χ2v) is 6.03. The number of ether oxygens (including phenoxy) is 1. The molecule has 136 valence electrons. The van der Waals surface area contributed by atoms with Gasteiger partial charge in [0.15, 0.2) is 13.1 Å². The number of hydrogen-bond donors (Lipinski definition) is 4. The van der Waals surface area contributed by atoms with E-state index in [-0.39, 0.29) is 25.0 Å². The van der Waals surface area contributed by atoms with Gasteiger partial charge in [0.1, 0.15) is 5.75 Å². The molecule has 1 aromatic rings. The van der Waals surface area contributed by atoms with Crippen molar-refractivity contribution in [3.8, 4) is 5.75 Å². The van der Waals surface area contributed by atoms with Crippen molar-refractivity contribution in [1.29, 1.82) is 0 Å². The molecule has 25 heavy (non-hydrogen) atoms. The third-order valence-corrected chi connectivity index (χ3v) is 3.84. The number of methoxy groups -OCH3 is 1. The SMILES string of the molecule is CC[NH+](CC(=O)NC(=O)NC1CC1)CC(=O)Nc1cccc(OC)c1. The van der Waals surface area contributed by atoms with Crippen molar-refractivity contribution in [2.24, 2.45) is 0 Å². The highest BCUT2D eigenvalue weighted by atomic mass is 16.5. The fraction of sp³-hybridized carbons (Fsp3) is 0.471. The first kappa shape index (κ1) is 18.7. The van der Waals surface area contributed by atoms with E-state index in [0.717, 1.165) is 17.7 Å². The Morgan fingerprint density at radius 2 is 1.92 bits per heavy atom. The Morgan fingerprint density at radius 1 is 1.20 bits per heavy atom. The summed E-state index contributed by atoms with van der Waals surface area (Å²) in [4.78, 5) is 36.4. The minimum absolute atomic E-state index is 0.0557. The minimum atomic E-state index is -0.469. The van der Waals surface area contributed by atoms with E-state index in [1.165, 1.54) is 0 Å². The van der Waals surface area contributed by atoms with E-state index in [4.69, 9.17) is 4.74 Å². The maximum Gasteiger partial charge on any atom is 0.321 e. The van der Waals surface area contributed by atoms with Crippen LogP contribution >= 0.6 is 0 Å². The van der Waals surface area contributed by atoms with Crippen LogP contribution in [0.5, 0.6) is 5.75 Å². The van der Waals surface area contributed by atoms with Crippen LogP contribution < -0.4 is 25.6 Å². The number of quaternary nitrogens is 1. The van der Waals surface area contributed by atoms with Crippen molar-refractivity contribution >= 4 is 23.5 Å². The molecule has 0 bridgehead atoms. The zero-order valence-electron chi connectivity index (χ0n) is 14.6. The fourth-order valence-electron chi connectivity index (χ4n) is 2.29. The van der Waals surface area contributed by atoms with Crippen molar-refractivity contribution in [3.05, 3.63) is 24.3 Å².